The molecular weight excluding hydrogens is 532 g/mol. The van der Waals surface area contributed by atoms with E-state index >= 15 is 0 Å². The summed E-state index contributed by atoms with van der Waals surface area (Å²) < 4.78 is 0. The van der Waals surface area contributed by atoms with Crippen LogP contribution in [0.15, 0.2) is 163 Å². The molecule has 1 aliphatic heterocycles. The van der Waals surface area contributed by atoms with Crippen molar-refractivity contribution >= 4 is 34.3 Å². The van der Waals surface area contributed by atoms with Gasteiger partial charge in [-0.05, 0) is 106 Å². The monoisotopic (exact) mass is 566 g/mol. The lowest BCUT2D eigenvalue weighted by Gasteiger charge is -2.18. The second-order valence-corrected chi connectivity index (χ2v) is 11.6. The lowest BCUT2D eigenvalue weighted by Crippen LogP contribution is -2.08. The predicted molar refractivity (Wildman–Crippen MR) is 186 cm³/mol. The first kappa shape index (κ1) is 27.5. The molecule has 212 valence electrons. The average Bonchev–Trinajstić information content (AvgIpc) is 3.28. The Hall–Kier alpha value is -5.30. The first-order valence-corrected chi connectivity index (χ1v) is 15.3. The molecule has 0 radical (unpaired) electrons. The summed E-state index contributed by atoms with van der Waals surface area (Å²) in [6, 6.07) is 21.5. The highest BCUT2D eigenvalue weighted by molar-refractivity contribution is 6.10. The van der Waals surface area contributed by atoms with E-state index < -0.39 is 0 Å². The zero-order valence-electron chi connectivity index (χ0n) is 24.8. The summed E-state index contributed by atoms with van der Waals surface area (Å²) in [7, 11) is 0. The molecule has 2 heteroatoms. The van der Waals surface area contributed by atoms with Crippen molar-refractivity contribution in [2.45, 2.75) is 25.2 Å². The highest BCUT2D eigenvalue weighted by Crippen LogP contribution is 2.40. The number of aromatic nitrogens is 1. The number of allylic oxidation sites excluding steroid dienone is 15. The number of rotatable bonds is 5. The normalized spacial score (nSPS) is 22.4. The molecule has 44 heavy (non-hydrogen) atoms. The first-order chi connectivity index (χ1) is 21.7. The number of hydrogen-bond acceptors (Lipinski definition) is 2. The topological polar surface area (TPSA) is 25.2 Å². The standard InChI is InChI=1S/C42H34N2/c1-3-12-31(23-30-13-5-4-6-14-30)35-25-36(27-37(26-35)33-21-20-29(2)38-17-9-8-16-34(38)24-33)32-15-7-10-18-39-40-19-11-22-43-42(40)44-41(39)28-32/h4-9,11-17,19,21-28,38-39H,1-2,10,18,20H2/b15-7-,31-23+,32-28+. The SMILES string of the molecule is C=C=C/C(=C\c1ccccc1)c1cc(C2=CCC(=C)C3C=CC=CC3=C2)cc(C2=C/C3=Nc4ncccc4C3CC/C=C\2)c1. The Balaban J connectivity index is 1.40. The summed E-state index contributed by atoms with van der Waals surface area (Å²) in [5, 5.41) is 0. The third-order valence-electron chi connectivity index (χ3n) is 8.73. The molecule has 0 fully saturated rings. The van der Waals surface area contributed by atoms with Gasteiger partial charge in [-0.1, -0.05) is 104 Å². The second-order valence-electron chi connectivity index (χ2n) is 11.6. The maximum Gasteiger partial charge on any atom is 0.155 e. The largest absolute Gasteiger partial charge is 0.237 e. The van der Waals surface area contributed by atoms with E-state index in [1.165, 1.54) is 27.8 Å². The maximum atomic E-state index is 4.99. The van der Waals surface area contributed by atoms with Gasteiger partial charge in [0.25, 0.3) is 0 Å². The number of aliphatic imine (C=N–C) groups is 1. The predicted octanol–water partition coefficient (Wildman–Crippen LogP) is 10.6. The van der Waals surface area contributed by atoms with E-state index in [-0.39, 0.29) is 11.8 Å². The summed E-state index contributed by atoms with van der Waals surface area (Å²) in [4.78, 5) is 9.56. The fourth-order valence-corrected chi connectivity index (χ4v) is 6.48. The molecule has 0 saturated heterocycles. The Morgan fingerprint density at radius 1 is 0.932 bits per heavy atom. The summed E-state index contributed by atoms with van der Waals surface area (Å²) in [5.74, 6) is 1.36. The Bertz CT molecular complexity index is 1950. The molecule has 2 aromatic carbocycles. The van der Waals surface area contributed by atoms with E-state index in [1.807, 2.05) is 24.4 Å². The van der Waals surface area contributed by atoms with E-state index in [1.54, 1.807) is 0 Å². The Morgan fingerprint density at radius 3 is 2.66 bits per heavy atom. The van der Waals surface area contributed by atoms with E-state index in [0.29, 0.717) is 0 Å². The zero-order valence-corrected chi connectivity index (χ0v) is 24.8. The van der Waals surface area contributed by atoms with Gasteiger partial charge < -0.3 is 0 Å². The number of benzene rings is 2. The van der Waals surface area contributed by atoms with Crippen molar-refractivity contribution in [3.8, 4) is 0 Å². The van der Waals surface area contributed by atoms with Crippen molar-refractivity contribution in [2.24, 2.45) is 10.9 Å². The van der Waals surface area contributed by atoms with Crippen LogP contribution in [-0.4, -0.2) is 10.7 Å². The van der Waals surface area contributed by atoms with Crippen LogP contribution in [0.3, 0.4) is 0 Å². The minimum absolute atomic E-state index is 0.248. The van der Waals surface area contributed by atoms with Crippen LogP contribution >= 0.6 is 0 Å². The van der Waals surface area contributed by atoms with Gasteiger partial charge in [0.15, 0.2) is 5.82 Å². The smallest absolute Gasteiger partial charge is 0.155 e. The van der Waals surface area contributed by atoms with Crippen LogP contribution in [0.5, 0.6) is 0 Å². The molecule has 2 atom stereocenters. The van der Waals surface area contributed by atoms with E-state index in [0.717, 1.165) is 58.6 Å². The third-order valence-corrected chi connectivity index (χ3v) is 8.73. The molecule has 3 aliphatic carbocycles. The van der Waals surface area contributed by atoms with Crippen molar-refractivity contribution < 1.29 is 0 Å². The van der Waals surface area contributed by atoms with Crippen LogP contribution in [-0.2, 0) is 0 Å². The van der Waals surface area contributed by atoms with Crippen LogP contribution in [0, 0.1) is 5.92 Å². The average molecular weight is 567 g/mol. The van der Waals surface area contributed by atoms with E-state index in [4.69, 9.17) is 4.99 Å². The molecule has 0 saturated carbocycles. The number of hydrogen-bond donors (Lipinski definition) is 0. The van der Waals surface area contributed by atoms with Gasteiger partial charge in [0.1, 0.15) is 0 Å². The van der Waals surface area contributed by atoms with Gasteiger partial charge in [-0.25, -0.2) is 9.98 Å². The van der Waals surface area contributed by atoms with Crippen molar-refractivity contribution in [3.63, 3.8) is 0 Å². The molecule has 1 aromatic heterocycles. The van der Waals surface area contributed by atoms with Crippen molar-refractivity contribution in [2.75, 3.05) is 0 Å². The maximum absolute atomic E-state index is 4.99. The van der Waals surface area contributed by atoms with Gasteiger partial charge in [0.05, 0.1) is 5.71 Å². The number of fused-ring (bicyclic) bond motifs is 4. The quantitative estimate of drug-likeness (QED) is 0.130. The second kappa shape index (κ2) is 12.1. The lowest BCUT2D eigenvalue weighted by atomic mass is 9.86. The zero-order chi connectivity index (χ0) is 29.9. The molecule has 2 heterocycles. The Labute approximate surface area is 260 Å². The van der Waals surface area contributed by atoms with Gasteiger partial charge in [-0.15, -0.1) is 5.73 Å². The summed E-state index contributed by atoms with van der Waals surface area (Å²) in [5.41, 5.74) is 15.8. The molecular formula is C42H34N2. The molecule has 0 N–H and O–H groups in total. The highest BCUT2D eigenvalue weighted by atomic mass is 14.9. The highest BCUT2D eigenvalue weighted by Gasteiger charge is 2.27. The minimum Gasteiger partial charge on any atom is -0.237 e. The Morgan fingerprint density at radius 2 is 1.80 bits per heavy atom. The van der Waals surface area contributed by atoms with Crippen molar-refractivity contribution in [1.29, 1.82) is 0 Å². The van der Waals surface area contributed by atoms with Crippen LogP contribution in [0.4, 0.5) is 5.82 Å². The molecule has 0 bridgehead atoms. The van der Waals surface area contributed by atoms with Crippen molar-refractivity contribution in [3.05, 3.63) is 185 Å². The van der Waals surface area contributed by atoms with Gasteiger partial charge >= 0.3 is 0 Å². The van der Waals surface area contributed by atoms with Gasteiger partial charge in [-0.2, -0.15) is 0 Å². The summed E-state index contributed by atoms with van der Waals surface area (Å²) in [6.07, 6.45) is 29.0. The van der Waals surface area contributed by atoms with Crippen LogP contribution < -0.4 is 0 Å². The van der Waals surface area contributed by atoms with Crippen LogP contribution in [0.2, 0.25) is 0 Å². The fourth-order valence-electron chi connectivity index (χ4n) is 6.48. The molecule has 3 aromatic rings. The fraction of sp³-hybridized carbons (Fsp3) is 0.119. The van der Waals surface area contributed by atoms with Gasteiger partial charge in [0.2, 0.25) is 0 Å². The van der Waals surface area contributed by atoms with Crippen LogP contribution in [0.25, 0.3) is 22.8 Å². The number of pyridine rings is 1. The molecule has 0 amide bonds. The van der Waals surface area contributed by atoms with E-state index in [9.17, 15) is 0 Å². The first-order valence-electron chi connectivity index (χ1n) is 15.3. The molecule has 2 unspecified atom stereocenters. The third kappa shape index (κ3) is 5.56. The lowest BCUT2D eigenvalue weighted by molar-refractivity contribution is 0.795. The van der Waals surface area contributed by atoms with E-state index in [2.05, 4.69) is 133 Å². The molecule has 0 spiro atoms. The summed E-state index contributed by atoms with van der Waals surface area (Å²) >= 11 is 0. The van der Waals surface area contributed by atoms with Gasteiger partial charge in [-0.3, -0.25) is 0 Å². The van der Waals surface area contributed by atoms with Gasteiger partial charge in [0, 0.05) is 23.6 Å². The minimum atomic E-state index is 0.248. The Kier molecular flexibility index (Phi) is 7.59. The summed E-state index contributed by atoms with van der Waals surface area (Å²) in [6.45, 7) is 8.35. The number of nitrogens with zero attached hydrogens (tertiary/aromatic N) is 2. The molecule has 4 aliphatic rings. The molecule has 2 nitrogen and oxygen atoms in total. The van der Waals surface area contributed by atoms with Crippen LogP contribution in [0.1, 0.15) is 53.0 Å². The van der Waals surface area contributed by atoms with Crippen molar-refractivity contribution in [1.82, 2.24) is 4.98 Å². The molecule has 7 rings (SSSR count).